The number of aromatic amines is 1. The zero-order chi connectivity index (χ0) is 18.8. The van der Waals surface area contributed by atoms with Gasteiger partial charge in [-0.05, 0) is 31.5 Å². The minimum absolute atomic E-state index is 0.117. The normalized spacial score (nSPS) is 11.2. The Morgan fingerprint density at radius 1 is 1.23 bits per heavy atom. The number of para-hydroxylation sites is 1. The van der Waals surface area contributed by atoms with Crippen molar-refractivity contribution in [2.45, 2.75) is 13.8 Å². The van der Waals surface area contributed by atoms with Gasteiger partial charge in [-0.25, -0.2) is 4.68 Å². The summed E-state index contributed by atoms with van der Waals surface area (Å²) in [6.07, 6.45) is 1.41. The number of aromatic nitrogens is 2. The Balaban J connectivity index is 1.99. The Hall–Kier alpha value is -3.19. The average Bonchev–Trinajstić information content (AvgIpc) is 2.88. The van der Waals surface area contributed by atoms with E-state index in [9.17, 15) is 14.9 Å². The first-order valence-corrected chi connectivity index (χ1v) is 8.12. The maximum Gasteiger partial charge on any atom is 0.280 e. The van der Waals surface area contributed by atoms with Gasteiger partial charge >= 0.3 is 0 Å². The van der Waals surface area contributed by atoms with Crippen molar-refractivity contribution >= 4 is 29.2 Å². The van der Waals surface area contributed by atoms with Gasteiger partial charge in [0.1, 0.15) is 0 Å². The molecular weight excluding hydrogens is 356 g/mol. The molecule has 0 atom stereocenters. The van der Waals surface area contributed by atoms with Crippen LogP contribution < -0.4 is 5.56 Å². The third kappa shape index (κ3) is 3.29. The summed E-state index contributed by atoms with van der Waals surface area (Å²) < 4.78 is 1.46. The summed E-state index contributed by atoms with van der Waals surface area (Å²) in [6, 6.07) is 11.5. The molecule has 0 unspecified atom stereocenters. The molecule has 7 nitrogen and oxygen atoms in total. The number of rotatable bonds is 4. The SMILES string of the molecule is Cc1ccccc1-n1[nH]c(C)c(C=Nc2ccc([N+](=O)[O-])cc2Cl)c1=O. The van der Waals surface area contributed by atoms with Gasteiger partial charge in [-0.1, -0.05) is 29.8 Å². The standard InChI is InChI=1S/C18H15ClN4O3/c1-11-5-3-4-6-17(11)22-18(24)14(12(2)21-22)10-20-16-8-7-13(23(25)26)9-15(16)19/h3-10,21H,1-2H3. The molecule has 0 aliphatic heterocycles. The van der Waals surface area contributed by atoms with Crippen LogP contribution in [0, 0.1) is 24.0 Å². The number of nitro benzene ring substituents is 1. The van der Waals surface area contributed by atoms with E-state index in [0.717, 1.165) is 11.3 Å². The third-order valence-electron chi connectivity index (χ3n) is 3.95. The molecular formula is C18H15ClN4O3. The van der Waals surface area contributed by atoms with E-state index in [1.54, 1.807) is 6.92 Å². The van der Waals surface area contributed by atoms with Gasteiger partial charge < -0.3 is 0 Å². The van der Waals surface area contributed by atoms with E-state index in [2.05, 4.69) is 10.1 Å². The fourth-order valence-corrected chi connectivity index (χ4v) is 2.77. The van der Waals surface area contributed by atoms with Crippen LogP contribution in [0.4, 0.5) is 11.4 Å². The van der Waals surface area contributed by atoms with E-state index in [-0.39, 0.29) is 16.3 Å². The number of hydrogen-bond acceptors (Lipinski definition) is 4. The molecule has 2 aromatic carbocycles. The molecule has 1 aromatic heterocycles. The first-order chi connectivity index (χ1) is 12.4. The first kappa shape index (κ1) is 17.6. The second-order valence-electron chi connectivity index (χ2n) is 5.73. The van der Waals surface area contributed by atoms with Crippen LogP contribution in [0.3, 0.4) is 0 Å². The lowest BCUT2D eigenvalue weighted by molar-refractivity contribution is -0.384. The number of non-ortho nitro benzene ring substituents is 1. The van der Waals surface area contributed by atoms with E-state index >= 15 is 0 Å². The highest BCUT2D eigenvalue weighted by Crippen LogP contribution is 2.28. The van der Waals surface area contributed by atoms with Crippen LogP contribution in [0.5, 0.6) is 0 Å². The smallest absolute Gasteiger partial charge is 0.280 e. The summed E-state index contributed by atoms with van der Waals surface area (Å²) in [5.74, 6) is 0. The van der Waals surface area contributed by atoms with Crippen molar-refractivity contribution in [1.29, 1.82) is 0 Å². The predicted octanol–water partition coefficient (Wildman–Crippen LogP) is 4.09. The number of benzene rings is 2. The van der Waals surface area contributed by atoms with Gasteiger partial charge in [0.2, 0.25) is 0 Å². The van der Waals surface area contributed by atoms with Crippen LogP contribution >= 0.6 is 11.6 Å². The molecule has 0 bridgehead atoms. The zero-order valence-corrected chi connectivity index (χ0v) is 14.8. The molecule has 0 aliphatic carbocycles. The minimum atomic E-state index is -0.531. The molecule has 0 spiro atoms. The van der Waals surface area contributed by atoms with Gasteiger partial charge in [0.05, 0.1) is 26.9 Å². The summed E-state index contributed by atoms with van der Waals surface area (Å²) in [6.45, 7) is 3.69. The molecule has 0 radical (unpaired) electrons. The van der Waals surface area contributed by atoms with Crippen molar-refractivity contribution in [2.75, 3.05) is 0 Å². The minimum Gasteiger partial charge on any atom is -0.295 e. The zero-order valence-electron chi connectivity index (χ0n) is 14.1. The summed E-state index contributed by atoms with van der Waals surface area (Å²) in [5.41, 5.74) is 2.75. The second kappa shape index (κ2) is 6.97. The predicted molar refractivity (Wildman–Crippen MR) is 101 cm³/mol. The number of halogens is 1. The molecule has 1 N–H and O–H groups in total. The van der Waals surface area contributed by atoms with Crippen molar-refractivity contribution in [3.63, 3.8) is 0 Å². The maximum atomic E-state index is 12.7. The highest BCUT2D eigenvalue weighted by molar-refractivity contribution is 6.33. The van der Waals surface area contributed by atoms with Crippen molar-refractivity contribution in [1.82, 2.24) is 9.78 Å². The Morgan fingerprint density at radius 2 is 1.96 bits per heavy atom. The average molecular weight is 371 g/mol. The van der Waals surface area contributed by atoms with Crippen LogP contribution in [0.25, 0.3) is 5.69 Å². The lowest BCUT2D eigenvalue weighted by Gasteiger charge is -2.04. The number of nitro groups is 1. The molecule has 132 valence electrons. The molecule has 0 saturated heterocycles. The molecule has 1 heterocycles. The fourth-order valence-electron chi connectivity index (χ4n) is 2.54. The van der Waals surface area contributed by atoms with E-state index in [1.165, 1.54) is 29.1 Å². The van der Waals surface area contributed by atoms with E-state index in [1.807, 2.05) is 31.2 Å². The lowest BCUT2D eigenvalue weighted by Crippen LogP contribution is -2.18. The van der Waals surface area contributed by atoms with Gasteiger partial charge in [0, 0.05) is 24.0 Å². The van der Waals surface area contributed by atoms with Crippen LogP contribution in [0.15, 0.2) is 52.3 Å². The molecule has 3 aromatic rings. The number of aliphatic imine (C=N–C) groups is 1. The quantitative estimate of drug-likeness (QED) is 0.425. The highest BCUT2D eigenvalue weighted by atomic mass is 35.5. The first-order valence-electron chi connectivity index (χ1n) is 7.74. The number of nitrogens with one attached hydrogen (secondary N) is 1. The summed E-state index contributed by atoms with van der Waals surface area (Å²) in [7, 11) is 0. The van der Waals surface area contributed by atoms with Gasteiger partial charge in [-0.15, -0.1) is 0 Å². The van der Waals surface area contributed by atoms with Crippen molar-refractivity contribution in [3.05, 3.63) is 84.8 Å². The largest absolute Gasteiger partial charge is 0.295 e. The van der Waals surface area contributed by atoms with Gasteiger partial charge in [-0.2, -0.15) is 0 Å². The molecule has 8 heteroatoms. The maximum absolute atomic E-state index is 12.7. The van der Waals surface area contributed by atoms with Crippen LogP contribution in [0.1, 0.15) is 16.8 Å². The highest BCUT2D eigenvalue weighted by Gasteiger charge is 2.13. The number of nitrogens with zero attached hydrogens (tertiary/aromatic N) is 3. The van der Waals surface area contributed by atoms with E-state index < -0.39 is 4.92 Å². The summed E-state index contributed by atoms with van der Waals surface area (Å²) >= 11 is 6.03. The Labute approximate surface area is 153 Å². The van der Waals surface area contributed by atoms with Crippen molar-refractivity contribution in [2.24, 2.45) is 4.99 Å². The van der Waals surface area contributed by atoms with E-state index in [4.69, 9.17) is 11.6 Å². The van der Waals surface area contributed by atoms with Gasteiger partial charge in [0.15, 0.2) is 0 Å². The molecule has 3 rings (SSSR count). The molecule has 0 saturated carbocycles. The van der Waals surface area contributed by atoms with Crippen molar-refractivity contribution < 1.29 is 4.92 Å². The Kier molecular flexibility index (Phi) is 4.73. The van der Waals surface area contributed by atoms with Crippen LogP contribution in [-0.4, -0.2) is 20.9 Å². The second-order valence-corrected chi connectivity index (χ2v) is 6.14. The molecule has 0 fully saturated rings. The van der Waals surface area contributed by atoms with E-state index in [0.29, 0.717) is 16.9 Å². The lowest BCUT2D eigenvalue weighted by atomic mass is 10.2. The fraction of sp³-hybridized carbons (Fsp3) is 0.111. The molecule has 0 aliphatic rings. The summed E-state index contributed by atoms with van der Waals surface area (Å²) in [5, 5.41) is 13.9. The Morgan fingerprint density at radius 3 is 2.62 bits per heavy atom. The van der Waals surface area contributed by atoms with Crippen LogP contribution in [0.2, 0.25) is 5.02 Å². The number of H-pyrrole nitrogens is 1. The van der Waals surface area contributed by atoms with Gasteiger partial charge in [-0.3, -0.25) is 25.0 Å². The molecule has 0 amide bonds. The number of hydrogen-bond donors (Lipinski definition) is 1. The number of aryl methyl sites for hydroxylation is 2. The monoisotopic (exact) mass is 370 g/mol. The Bertz CT molecular complexity index is 1080. The topological polar surface area (TPSA) is 93.3 Å². The van der Waals surface area contributed by atoms with Gasteiger partial charge in [0.25, 0.3) is 11.2 Å². The van der Waals surface area contributed by atoms with Crippen LogP contribution in [-0.2, 0) is 0 Å². The molecule has 26 heavy (non-hydrogen) atoms. The third-order valence-corrected chi connectivity index (χ3v) is 4.25. The summed E-state index contributed by atoms with van der Waals surface area (Å²) in [4.78, 5) is 27.2. The van der Waals surface area contributed by atoms with Crippen molar-refractivity contribution in [3.8, 4) is 5.69 Å².